The van der Waals surface area contributed by atoms with Gasteiger partial charge in [0.25, 0.3) is 0 Å². The van der Waals surface area contributed by atoms with Crippen LogP contribution in [0.25, 0.3) is 0 Å². The van der Waals surface area contributed by atoms with Gasteiger partial charge in [0.15, 0.2) is 5.78 Å². The smallest absolute Gasteiger partial charge is 0.166 e. The SMILES string of the molecule is O=C1CC(=O)C(CC2CC3=C(C=CC(O)C3)C2=O)(C2CCCCC2)C1. The van der Waals surface area contributed by atoms with Crippen LogP contribution in [0.5, 0.6) is 0 Å². The number of allylic oxidation sites excluding steroid dienone is 2. The topological polar surface area (TPSA) is 71.4 Å². The molecular formula is C21H26O4. The summed E-state index contributed by atoms with van der Waals surface area (Å²) in [5.41, 5.74) is 1.17. The molecule has 4 rings (SSSR count). The van der Waals surface area contributed by atoms with Gasteiger partial charge in [-0.3, -0.25) is 14.4 Å². The predicted molar refractivity (Wildman–Crippen MR) is 92.8 cm³/mol. The average Bonchev–Trinajstić information content (AvgIpc) is 3.05. The van der Waals surface area contributed by atoms with E-state index >= 15 is 0 Å². The normalized spacial score (nSPS) is 36.4. The molecule has 0 aromatic rings. The second kappa shape index (κ2) is 6.31. The second-order valence-electron chi connectivity index (χ2n) is 8.42. The molecule has 4 heteroatoms. The molecule has 3 unspecified atom stereocenters. The van der Waals surface area contributed by atoms with Crippen molar-refractivity contribution in [1.29, 1.82) is 0 Å². The summed E-state index contributed by atoms with van der Waals surface area (Å²) in [6, 6.07) is 0. The lowest BCUT2D eigenvalue weighted by atomic mass is 9.63. The molecule has 3 atom stereocenters. The Morgan fingerprint density at radius 3 is 2.52 bits per heavy atom. The van der Waals surface area contributed by atoms with Gasteiger partial charge in [-0.15, -0.1) is 0 Å². The number of rotatable bonds is 3. The minimum Gasteiger partial charge on any atom is -0.389 e. The van der Waals surface area contributed by atoms with Crippen LogP contribution in [-0.4, -0.2) is 28.6 Å². The fraction of sp³-hybridized carbons (Fsp3) is 0.667. The molecule has 1 N–H and O–H groups in total. The maximum atomic E-state index is 12.9. The van der Waals surface area contributed by atoms with E-state index < -0.39 is 11.5 Å². The number of aliphatic hydroxyl groups excluding tert-OH is 1. The Labute approximate surface area is 148 Å². The molecule has 4 nitrogen and oxygen atoms in total. The number of aliphatic hydroxyl groups is 1. The van der Waals surface area contributed by atoms with Crippen molar-refractivity contribution in [2.45, 2.75) is 70.3 Å². The van der Waals surface area contributed by atoms with Crippen molar-refractivity contribution < 1.29 is 19.5 Å². The van der Waals surface area contributed by atoms with E-state index in [9.17, 15) is 19.5 Å². The minimum absolute atomic E-state index is 0.0501. The van der Waals surface area contributed by atoms with Gasteiger partial charge >= 0.3 is 0 Å². The Kier molecular flexibility index (Phi) is 4.27. The summed E-state index contributed by atoms with van der Waals surface area (Å²) < 4.78 is 0. The van der Waals surface area contributed by atoms with E-state index in [4.69, 9.17) is 0 Å². The first-order valence-electron chi connectivity index (χ1n) is 9.67. The maximum absolute atomic E-state index is 12.9. The predicted octanol–water partition coefficient (Wildman–Crippen LogP) is 3.08. The summed E-state index contributed by atoms with van der Waals surface area (Å²) in [6.07, 6.45) is 10.5. The van der Waals surface area contributed by atoms with E-state index in [0.29, 0.717) is 25.7 Å². The van der Waals surface area contributed by atoms with Crippen molar-refractivity contribution in [1.82, 2.24) is 0 Å². The summed E-state index contributed by atoms with van der Waals surface area (Å²) in [6.45, 7) is 0. The lowest BCUT2D eigenvalue weighted by Crippen LogP contribution is -2.39. The lowest BCUT2D eigenvalue weighted by Gasteiger charge is -2.39. The summed E-state index contributed by atoms with van der Waals surface area (Å²) in [5, 5.41) is 9.81. The van der Waals surface area contributed by atoms with Crippen molar-refractivity contribution >= 4 is 17.3 Å². The summed E-state index contributed by atoms with van der Waals surface area (Å²) >= 11 is 0. The third-order valence-electron chi connectivity index (χ3n) is 6.87. The maximum Gasteiger partial charge on any atom is 0.166 e. The van der Waals surface area contributed by atoms with Crippen LogP contribution < -0.4 is 0 Å². The van der Waals surface area contributed by atoms with Gasteiger partial charge in [0.2, 0.25) is 0 Å². The minimum atomic E-state index is -0.602. The number of carbonyl (C=O) groups excluding carboxylic acids is 3. The Balaban J connectivity index is 1.58. The molecule has 4 aliphatic rings. The van der Waals surface area contributed by atoms with Crippen LogP contribution in [0.1, 0.15) is 64.2 Å². The van der Waals surface area contributed by atoms with Crippen molar-refractivity contribution in [3.8, 4) is 0 Å². The van der Waals surface area contributed by atoms with E-state index in [2.05, 4.69) is 0 Å². The Morgan fingerprint density at radius 2 is 1.84 bits per heavy atom. The van der Waals surface area contributed by atoms with Gasteiger partial charge in [-0.25, -0.2) is 0 Å². The Morgan fingerprint density at radius 1 is 1.08 bits per heavy atom. The molecule has 0 aromatic heterocycles. The van der Waals surface area contributed by atoms with Crippen LogP contribution in [0, 0.1) is 17.3 Å². The molecular weight excluding hydrogens is 316 g/mol. The molecule has 2 fully saturated rings. The molecule has 134 valence electrons. The summed E-state index contributed by atoms with van der Waals surface area (Å²) in [7, 11) is 0. The summed E-state index contributed by atoms with van der Waals surface area (Å²) in [5.74, 6) is 0.302. The first kappa shape index (κ1) is 16.9. The molecule has 0 aliphatic heterocycles. The summed E-state index contributed by atoms with van der Waals surface area (Å²) in [4.78, 5) is 37.8. The number of carbonyl (C=O) groups is 3. The van der Waals surface area contributed by atoms with Gasteiger partial charge in [0.05, 0.1) is 12.5 Å². The third kappa shape index (κ3) is 2.84. The number of hydrogen-bond donors (Lipinski definition) is 1. The van der Waals surface area contributed by atoms with Crippen molar-refractivity contribution in [2.75, 3.05) is 0 Å². The van der Waals surface area contributed by atoms with Crippen LogP contribution in [0.4, 0.5) is 0 Å². The Hall–Kier alpha value is -1.55. The molecule has 4 aliphatic carbocycles. The van der Waals surface area contributed by atoms with Gasteiger partial charge in [-0.05, 0) is 38.0 Å². The third-order valence-corrected chi connectivity index (χ3v) is 6.87. The fourth-order valence-electron chi connectivity index (χ4n) is 5.67. The van der Waals surface area contributed by atoms with Crippen molar-refractivity contribution in [3.05, 3.63) is 23.3 Å². The van der Waals surface area contributed by atoms with Gasteiger partial charge in [-0.2, -0.15) is 0 Å². The standard InChI is InChI=1S/C21H26O4/c22-16-6-7-18-13(9-16)8-14(20(18)25)11-21(12-17(23)10-19(21)24)15-4-2-1-3-5-15/h6-7,14-16,22H,1-5,8-12H2. The molecule has 0 aromatic carbocycles. The molecule has 0 amide bonds. The van der Waals surface area contributed by atoms with Crippen LogP contribution in [0.2, 0.25) is 0 Å². The molecule has 0 radical (unpaired) electrons. The van der Waals surface area contributed by atoms with Gasteiger partial charge in [0, 0.05) is 23.3 Å². The van der Waals surface area contributed by atoms with Crippen molar-refractivity contribution in [2.24, 2.45) is 17.3 Å². The zero-order valence-corrected chi connectivity index (χ0v) is 14.6. The van der Waals surface area contributed by atoms with Gasteiger partial charge in [-0.1, -0.05) is 37.0 Å². The van der Waals surface area contributed by atoms with Crippen LogP contribution in [0.3, 0.4) is 0 Å². The highest BCUT2D eigenvalue weighted by atomic mass is 16.3. The molecule has 25 heavy (non-hydrogen) atoms. The highest BCUT2D eigenvalue weighted by molar-refractivity contribution is 6.10. The zero-order valence-electron chi connectivity index (χ0n) is 14.6. The number of ketones is 3. The van der Waals surface area contributed by atoms with Crippen LogP contribution in [0.15, 0.2) is 23.3 Å². The molecule has 0 spiro atoms. The van der Waals surface area contributed by atoms with Crippen LogP contribution in [-0.2, 0) is 14.4 Å². The van der Waals surface area contributed by atoms with Gasteiger partial charge < -0.3 is 5.11 Å². The quantitative estimate of drug-likeness (QED) is 0.800. The van der Waals surface area contributed by atoms with E-state index in [1.165, 1.54) is 6.42 Å². The zero-order chi connectivity index (χ0) is 17.6. The molecule has 0 saturated heterocycles. The fourth-order valence-corrected chi connectivity index (χ4v) is 5.67. The second-order valence-corrected chi connectivity index (χ2v) is 8.42. The molecule has 0 bridgehead atoms. The molecule has 0 heterocycles. The molecule has 2 saturated carbocycles. The first-order chi connectivity index (χ1) is 12.0. The largest absolute Gasteiger partial charge is 0.389 e. The van der Waals surface area contributed by atoms with E-state index in [0.717, 1.165) is 36.8 Å². The highest BCUT2D eigenvalue weighted by Crippen LogP contribution is 2.52. The van der Waals surface area contributed by atoms with Crippen LogP contribution >= 0.6 is 0 Å². The highest BCUT2D eigenvalue weighted by Gasteiger charge is 2.53. The first-order valence-corrected chi connectivity index (χ1v) is 9.67. The number of Topliss-reactive ketones (excluding diaryl/α,β-unsaturated/α-hetero) is 3. The average molecular weight is 342 g/mol. The lowest BCUT2D eigenvalue weighted by molar-refractivity contribution is -0.132. The van der Waals surface area contributed by atoms with E-state index in [-0.39, 0.29) is 35.6 Å². The van der Waals surface area contributed by atoms with E-state index in [1.54, 1.807) is 12.2 Å². The monoisotopic (exact) mass is 342 g/mol. The van der Waals surface area contributed by atoms with E-state index in [1.807, 2.05) is 0 Å². The number of hydrogen-bond acceptors (Lipinski definition) is 4. The van der Waals surface area contributed by atoms with Crippen molar-refractivity contribution in [3.63, 3.8) is 0 Å². The Bertz CT molecular complexity index is 680. The van der Waals surface area contributed by atoms with Gasteiger partial charge in [0.1, 0.15) is 11.6 Å².